The Morgan fingerprint density at radius 2 is 1.51 bits per heavy atom. The Hall–Kier alpha value is -4.89. The maximum Gasteiger partial charge on any atom is 0.303 e. The number of carbonyl (C=O) groups excluding carboxylic acids is 4. The number of carbonyl (C=O) groups is 4. The summed E-state index contributed by atoms with van der Waals surface area (Å²) >= 11 is 5.51. The first-order valence-electron chi connectivity index (χ1n) is 13.8. The molecule has 1 fully saturated rings. The molecule has 1 saturated heterocycles. The van der Waals surface area contributed by atoms with Crippen LogP contribution in [0.25, 0.3) is 16.6 Å². The summed E-state index contributed by atoms with van der Waals surface area (Å²) in [4.78, 5) is 65.7. The molecule has 0 aliphatic carbocycles. The van der Waals surface area contributed by atoms with Gasteiger partial charge in [-0.15, -0.1) is 0 Å². The highest BCUT2D eigenvalue weighted by Crippen LogP contribution is 2.28. The molecule has 45 heavy (non-hydrogen) atoms. The summed E-state index contributed by atoms with van der Waals surface area (Å²) in [6.07, 6.45) is -6.45. The lowest BCUT2D eigenvalue weighted by atomic mass is 9.97. The highest BCUT2D eigenvalue weighted by Gasteiger charge is 2.52. The Kier molecular flexibility index (Phi) is 10.5. The van der Waals surface area contributed by atoms with Gasteiger partial charge in [0.05, 0.1) is 16.6 Å². The van der Waals surface area contributed by atoms with E-state index >= 15 is 0 Å². The number of benzene rings is 2. The van der Waals surface area contributed by atoms with Crippen LogP contribution in [-0.4, -0.2) is 75.8 Å². The highest BCUT2D eigenvalue weighted by molar-refractivity contribution is 7.80. The minimum Gasteiger partial charge on any atom is -0.463 e. The van der Waals surface area contributed by atoms with Crippen molar-refractivity contribution in [2.75, 3.05) is 11.9 Å². The van der Waals surface area contributed by atoms with Gasteiger partial charge in [0.25, 0.3) is 5.56 Å². The number of aryl methyl sites for hydroxylation is 1. The third-order valence-electron chi connectivity index (χ3n) is 6.57. The van der Waals surface area contributed by atoms with Crippen LogP contribution < -0.4 is 16.2 Å². The van der Waals surface area contributed by atoms with Crippen LogP contribution in [0.15, 0.2) is 53.3 Å². The number of esters is 4. The van der Waals surface area contributed by atoms with Gasteiger partial charge in [-0.3, -0.25) is 28.5 Å². The van der Waals surface area contributed by atoms with E-state index in [0.29, 0.717) is 28.1 Å². The van der Waals surface area contributed by atoms with Crippen molar-refractivity contribution in [3.63, 3.8) is 0 Å². The predicted octanol–water partition coefficient (Wildman–Crippen LogP) is 2.06. The average Bonchev–Trinajstić information content (AvgIpc) is 2.95. The van der Waals surface area contributed by atoms with Crippen LogP contribution in [0.3, 0.4) is 0 Å². The number of rotatable bonds is 8. The van der Waals surface area contributed by atoms with Crippen molar-refractivity contribution < 1.29 is 42.9 Å². The quantitative estimate of drug-likeness (QED) is 0.208. The van der Waals surface area contributed by atoms with Gasteiger partial charge in [-0.2, -0.15) is 0 Å². The number of aromatic nitrogens is 2. The van der Waals surface area contributed by atoms with Crippen molar-refractivity contribution >= 4 is 57.8 Å². The summed E-state index contributed by atoms with van der Waals surface area (Å²) in [5.41, 5.74) is 1.28. The molecule has 0 spiro atoms. The van der Waals surface area contributed by atoms with E-state index in [2.05, 4.69) is 15.6 Å². The van der Waals surface area contributed by atoms with Gasteiger partial charge in [-0.25, -0.2) is 4.98 Å². The fourth-order valence-electron chi connectivity index (χ4n) is 4.90. The van der Waals surface area contributed by atoms with Crippen molar-refractivity contribution in [2.45, 2.75) is 65.3 Å². The van der Waals surface area contributed by atoms with Crippen LogP contribution in [-0.2, 0) is 42.9 Å². The van der Waals surface area contributed by atoms with Crippen molar-refractivity contribution in [1.82, 2.24) is 14.9 Å². The molecule has 0 radical (unpaired) electrons. The number of para-hydroxylation sites is 1. The summed E-state index contributed by atoms with van der Waals surface area (Å²) in [5.74, 6) is -2.38. The Bertz CT molecular complexity index is 1680. The molecule has 3 aromatic rings. The molecule has 1 aromatic heterocycles. The number of anilines is 1. The van der Waals surface area contributed by atoms with E-state index in [1.807, 2.05) is 18.2 Å². The lowest BCUT2D eigenvalue weighted by molar-refractivity contribution is -0.254. The van der Waals surface area contributed by atoms with Gasteiger partial charge in [0, 0.05) is 33.4 Å². The van der Waals surface area contributed by atoms with Crippen molar-refractivity contribution in [3.05, 3.63) is 64.7 Å². The number of hydrogen-bond donors (Lipinski definition) is 2. The number of nitrogens with zero attached hydrogens (tertiary/aromatic N) is 2. The maximum absolute atomic E-state index is 13.5. The van der Waals surface area contributed by atoms with Crippen LogP contribution in [0.5, 0.6) is 0 Å². The summed E-state index contributed by atoms with van der Waals surface area (Å²) in [7, 11) is 0. The molecule has 2 heterocycles. The molecule has 1 aliphatic rings. The van der Waals surface area contributed by atoms with Crippen LogP contribution in [0.1, 0.15) is 33.5 Å². The predicted molar refractivity (Wildman–Crippen MR) is 163 cm³/mol. The first-order valence-corrected chi connectivity index (χ1v) is 14.2. The molecule has 5 atom stereocenters. The number of fused-ring (bicyclic) bond motifs is 1. The van der Waals surface area contributed by atoms with Gasteiger partial charge < -0.3 is 34.3 Å². The summed E-state index contributed by atoms with van der Waals surface area (Å²) < 4.78 is 28.9. The van der Waals surface area contributed by atoms with E-state index in [1.165, 1.54) is 11.5 Å². The molecule has 2 aromatic carbocycles. The van der Waals surface area contributed by atoms with Gasteiger partial charge in [-0.1, -0.05) is 18.2 Å². The Morgan fingerprint density at radius 3 is 2.13 bits per heavy atom. The van der Waals surface area contributed by atoms with Gasteiger partial charge in [0.1, 0.15) is 18.5 Å². The van der Waals surface area contributed by atoms with Crippen molar-refractivity contribution in [3.8, 4) is 5.69 Å². The van der Waals surface area contributed by atoms with E-state index in [4.69, 9.17) is 35.9 Å². The first-order chi connectivity index (χ1) is 21.3. The molecule has 4 rings (SSSR count). The third kappa shape index (κ3) is 8.19. The fraction of sp³-hybridized carbons (Fsp3) is 0.367. The second-order valence-corrected chi connectivity index (χ2v) is 10.5. The number of thiocarbonyl (C=S) groups is 1. The van der Waals surface area contributed by atoms with Gasteiger partial charge in [-0.05, 0) is 49.5 Å². The number of hydrogen-bond acceptors (Lipinski definition) is 12. The van der Waals surface area contributed by atoms with Gasteiger partial charge in [0.2, 0.25) is 0 Å². The van der Waals surface area contributed by atoms with Crippen LogP contribution >= 0.6 is 12.2 Å². The van der Waals surface area contributed by atoms with Crippen LogP contribution in [0, 0.1) is 6.92 Å². The Morgan fingerprint density at radius 1 is 0.889 bits per heavy atom. The molecule has 2 N–H and O–H groups in total. The second kappa shape index (κ2) is 14.3. The standard InChI is InChI=1S/C30H32N4O10S/c1-15-31-23-12-11-20(13-22(23)29(39)34(15)21-9-7-6-8-10-21)32-30(45)33-28-27(43-19(5)38)26(42-18(4)37)25(41-17(3)36)24(44-28)14-40-16(2)35/h6-13,24-28H,14H2,1-5H3,(H2,32,33,45)/t24-,25-,26+,27-,28-/m1/s1. The molecule has 15 heteroatoms. The summed E-state index contributed by atoms with van der Waals surface area (Å²) in [6, 6.07) is 14.0. The molecular weight excluding hydrogens is 608 g/mol. The molecule has 0 amide bonds. The topological polar surface area (TPSA) is 173 Å². The van der Waals surface area contributed by atoms with Crippen molar-refractivity contribution in [2.24, 2.45) is 0 Å². The zero-order valence-corrected chi connectivity index (χ0v) is 25.9. The zero-order valence-electron chi connectivity index (χ0n) is 25.1. The number of ether oxygens (including phenoxy) is 5. The third-order valence-corrected chi connectivity index (χ3v) is 6.79. The molecule has 14 nitrogen and oxygen atoms in total. The number of nitrogens with one attached hydrogen (secondary N) is 2. The van der Waals surface area contributed by atoms with Gasteiger partial charge in [0.15, 0.2) is 29.7 Å². The molecule has 1 aliphatic heterocycles. The first kappa shape index (κ1) is 33.0. The fourth-order valence-corrected chi connectivity index (χ4v) is 5.13. The maximum atomic E-state index is 13.5. The normalized spacial score (nSPS) is 20.9. The monoisotopic (exact) mass is 640 g/mol. The lowest BCUT2D eigenvalue weighted by Crippen LogP contribution is -2.66. The molecule has 0 saturated carbocycles. The second-order valence-electron chi connectivity index (χ2n) is 10.1. The van der Waals surface area contributed by atoms with Crippen LogP contribution in [0.4, 0.5) is 5.69 Å². The van der Waals surface area contributed by atoms with E-state index in [-0.39, 0.29) is 17.3 Å². The Labute approximate surface area is 262 Å². The Balaban J connectivity index is 1.64. The summed E-state index contributed by atoms with van der Waals surface area (Å²) in [6.45, 7) is 5.93. The minimum absolute atomic E-state index is 0.0290. The largest absolute Gasteiger partial charge is 0.463 e. The van der Waals surface area contributed by atoms with E-state index in [1.54, 1.807) is 37.3 Å². The van der Waals surface area contributed by atoms with Crippen LogP contribution in [0.2, 0.25) is 0 Å². The average molecular weight is 641 g/mol. The minimum atomic E-state index is -1.36. The van der Waals surface area contributed by atoms with E-state index in [0.717, 1.165) is 20.8 Å². The van der Waals surface area contributed by atoms with E-state index in [9.17, 15) is 24.0 Å². The molecule has 0 bridgehead atoms. The van der Waals surface area contributed by atoms with Crippen molar-refractivity contribution in [1.29, 1.82) is 0 Å². The highest BCUT2D eigenvalue weighted by atomic mass is 32.1. The zero-order chi connectivity index (χ0) is 32.8. The molecular formula is C30H32N4O10S. The smallest absolute Gasteiger partial charge is 0.303 e. The molecule has 0 unspecified atom stereocenters. The molecule has 238 valence electrons. The lowest BCUT2D eigenvalue weighted by Gasteiger charge is -2.44. The van der Waals surface area contributed by atoms with Gasteiger partial charge >= 0.3 is 23.9 Å². The SMILES string of the molecule is CC(=O)OC[C@H]1O[C@@H](NC(=S)Nc2ccc3nc(C)n(-c4ccccc4)c(=O)c3c2)[C@H](OC(C)=O)[C@@H](OC(C)=O)[C@@H]1OC(C)=O. The van der Waals surface area contributed by atoms with E-state index < -0.39 is 54.5 Å². The summed E-state index contributed by atoms with van der Waals surface area (Å²) in [5, 5.41) is 6.14.